The summed E-state index contributed by atoms with van der Waals surface area (Å²) < 4.78 is 42.5. The average molecular weight is 285 g/mol. The number of esters is 1. The van der Waals surface area contributed by atoms with Crippen molar-refractivity contribution in [2.45, 2.75) is 6.92 Å². The smallest absolute Gasteiger partial charge is 0.465 e. The van der Waals surface area contributed by atoms with Crippen molar-refractivity contribution >= 4 is 24.1 Å². The third-order valence-corrected chi connectivity index (χ3v) is 2.48. The summed E-state index contributed by atoms with van der Waals surface area (Å²) in [6, 6.07) is 1.81. The van der Waals surface area contributed by atoms with Crippen molar-refractivity contribution in [2.75, 3.05) is 19.5 Å². The zero-order valence-corrected chi connectivity index (χ0v) is 13.8. The van der Waals surface area contributed by atoms with E-state index < -0.39 is 18.4 Å². The topological polar surface area (TPSA) is 38.3 Å². The number of ether oxygens (including phenoxy) is 1. The Morgan fingerprint density at radius 2 is 1.89 bits per heavy atom. The molecule has 1 aromatic carbocycles. The summed E-state index contributed by atoms with van der Waals surface area (Å²) >= 11 is 0. The molecule has 8 heteroatoms. The van der Waals surface area contributed by atoms with Crippen molar-refractivity contribution in [1.82, 2.24) is 0 Å². The molecule has 0 saturated carbocycles. The molecule has 0 radical (unpaired) electrons. The molecule has 0 aromatic heterocycles. The van der Waals surface area contributed by atoms with E-state index in [0.29, 0.717) is 5.56 Å². The quantitative estimate of drug-likeness (QED) is 0.565. The van der Waals surface area contributed by atoms with E-state index in [1.165, 1.54) is 7.05 Å². The second-order valence-electron chi connectivity index (χ2n) is 3.56. The predicted molar refractivity (Wildman–Crippen MR) is 60.8 cm³/mol. The van der Waals surface area contributed by atoms with Gasteiger partial charge in [0.05, 0.1) is 12.7 Å². The monoisotopic (exact) mass is 285 g/mol. The van der Waals surface area contributed by atoms with Crippen LogP contribution in [0.3, 0.4) is 0 Å². The van der Waals surface area contributed by atoms with Gasteiger partial charge in [-0.05, 0) is 12.5 Å². The Kier molecular flexibility index (Phi) is 6.94. The minimum atomic E-state index is -5.15. The third-order valence-electron chi connectivity index (χ3n) is 2.48. The summed E-state index contributed by atoms with van der Waals surface area (Å²) in [6.45, 7) is -3.59. The normalized spacial score (nSPS) is 10.6. The fraction of sp³-hybridized carbons (Fsp3) is 0.300. The number of nitrogens with one attached hydrogen (secondary N) is 1. The minimum absolute atomic E-state index is 0. The average Bonchev–Trinajstić information content (AvgIpc) is 2.26. The van der Waals surface area contributed by atoms with Crippen molar-refractivity contribution in [3.8, 4) is 0 Å². The van der Waals surface area contributed by atoms with E-state index in [4.69, 9.17) is 0 Å². The third kappa shape index (κ3) is 3.99. The number of hydrogen-bond donors (Lipinski definition) is 1. The first-order valence-electron chi connectivity index (χ1n) is 4.91. The zero-order chi connectivity index (χ0) is 13.2. The number of hydrogen-bond acceptors (Lipinski definition) is 3. The van der Waals surface area contributed by atoms with Gasteiger partial charge in [0.25, 0.3) is 0 Å². The summed E-state index contributed by atoms with van der Waals surface area (Å²) in [6.07, 6.45) is 0. The van der Waals surface area contributed by atoms with Gasteiger partial charge in [0.15, 0.2) is 0 Å². The first-order valence-corrected chi connectivity index (χ1v) is 4.91. The molecule has 0 saturated heterocycles. The zero-order valence-electron chi connectivity index (χ0n) is 10.7. The second-order valence-corrected chi connectivity index (χ2v) is 3.56. The van der Waals surface area contributed by atoms with Gasteiger partial charge in [0.1, 0.15) is 0 Å². The number of carbonyl (C=O) groups is 1. The van der Waals surface area contributed by atoms with Crippen LogP contribution in [0.5, 0.6) is 0 Å². The number of benzene rings is 1. The summed E-state index contributed by atoms with van der Waals surface area (Å²) in [5.74, 6) is -0.777. The van der Waals surface area contributed by atoms with Crippen LogP contribution >= 0.6 is 0 Å². The number of anilines is 1. The molecule has 0 aliphatic heterocycles. The van der Waals surface area contributed by atoms with E-state index in [-0.39, 0.29) is 62.6 Å². The minimum Gasteiger partial charge on any atom is -0.465 e. The van der Waals surface area contributed by atoms with Crippen LogP contribution in [0.25, 0.3) is 0 Å². The predicted octanol–water partition coefficient (Wildman–Crippen LogP) is -1.12. The number of methoxy groups -OCH3 is 1. The van der Waals surface area contributed by atoms with E-state index >= 15 is 0 Å². The van der Waals surface area contributed by atoms with Gasteiger partial charge in [-0.25, -0.2) is 4.79 Å². The first kappa shape index (κ1) is 18.0. The molecule has 0 spiro atoms. The van der Waals surface area contributed by atoms with Crippen molar-refractivity contribution in [1.29, 1.82) is 0 Å². The summed E-state index contributed by atoms with van der Waals surface area (Å²) in [7, 11) is 2.63. The van der Waals surface area contributed by atoms with Crippen LogP contribution in [-0.4, -0.2) is 27.1 Å². The molecule has 0 aliphatic carbocycles. The van der Waals surface area contributed by atoms with E-state index in [2.05, 4.69) is 10.1 Å². The summed E-state index contributed by atoms with van der Waals surface area (Å²) in [4.78, 5) is 11.4. The molecule has 0 bridgehead atoms. The van der Waals surface area contributed by atoms with Crippen LogP contribution < -0.4 is 62.2 Å². The van der Waals surface area contributed by atoms with Crippen LogP contribution in [0.15, 0.2) is 12.1 Å². The van der Waals surface area contributed by atoms with Gasteiger partial charge in [-0.15, -0.1) is 5.46 Å². The maximum absolute atomic E-state index is 12.7. The molecule has 1 rings (SSSR count). The van der Waals surface area contributed by atoms with Gasteiger partial charge in [0.2, 0.25) is 0 Å². The van der Waals surface area contributed by atoms with Crippen molar-refractivity contribution < 1.29 is 73.9 Å². The maximum atomic E-state index is 12.7. The fourth-order valence-electron chi connectivity index (χ4n) is 1.51. The molecule has 18 heavy (non-hydrogen) atoms. The molecule has 0 amide bonds. The van der Waals surface area contributed by atoms with E-state index in [1.54, 1.807) is 6.92 Å². The van der Waals surface area contributed by atoms with E-state index in [0.717, 1.165) is 19.2 Å². The van der Waals surface area contributed by atoms with Gasteiger partial charge in [-0.1, -0.05) is 12.1 Å². The van der Waals surface area contributed by atoms with Gasteiger partial charge in [0, 0.05) is 12.7 Å². The van der Waals surface area contributed by atoms with Crippen LogP contribution in [-0.2, 0) is 4.74 Å². The summed E-state index contributed by atoms with van der Waals surface area (Å²) in [5, 5.41) is 2.63. The van der Waals surface area contributed by atoms with Gasteiger partial charge in [-0.2, -0.15) is 0 Å². The van der Waals surface area contributed by atoms with E-state index in [1.807, 2.05) is 0 Å². The largest absolute Gasteiger partial charge is 1.00 e. The Morgan fingerprint density at radius 1 is 1.33 bits per heavy atom. The molecule has 0 fully saturated rings. The molecule has 0 unspecified atom stereocenters. The number of carbonyl (C=O) groups excluding carboxylic acids is 1. The summed E-state index contributed by atoms with van der Waals surface area (Å²) in [5.41, 5.74) is -0.195. The molecular formula is C10H12BF3KNO2. The molecule has 1 N–H and O–H groups in total. The van der Waals surface area contributed by atoms with Gasteiger partial charge in [-0.3, -0.25) is 0 Å². The van der Waals surface area contributed by atoms with Crippen LogP contribution in [0.1, 0.15) is 15.9 Å². The number of rotatable bonds is 3. The fourth-order valence-corrected chi connectivity index (χ4v) is 1.51. The molecule has 94 valence electrons. The van der Waals surface area contributed by atoms with Crippen LogP contribution in [0.2, 0.25) is 0 Å². The van der Waals surface area contributed by atoms with Crippen molar-refractivity contribution in [3.05, 3.63) is 23.3 Å². The second kappa shape index (κ2) is 6.95. The molecule has 0 atom stereocenters. The van der Waals surface area contributed by atoms with Gasteiger partial charge >= 0.3 is 64.3 Å². The Morgan fingerprint density at radius 3 is 2.28 bits per heavy atom. The Balaban J connectivity index is 0.00000289. The standard InChI is InChI=1S/C10H12BF3NO2.K/c1-6-8(10(16)17-3)4-7(11(12,13)14)5-9(6)15-2;/h4-5,15H,1-3H3;/q-1;+1. The SMILES string of the molecule is CNc1cc([B-](F)(F)F)cc(C(=O)OC)c1C.[K+]. The van der Waals surface area contributed by atoms with Crippen LogP contribution in [0.4, 0.5) is 18.6 Å². The molecule has 0 heterocycles. The Labute approximate surface area is 146 Å². The molecule has 3 nitrogen and oxygen atoms in total. The maximum Gasteiger partial charge on any atom is 1.00 e. The molecule has 0 aliphatic rings. The van der Waals surface area contributed by atoms with E-state index in [9.17, 15) is 17.7 Å². The number of halogens is 3. The molecular weight excluding hydrogens is 273 g/mol. The Hall–Kier alpha value is -0.0187. The molecule has 1 aromatic rings. The van der Waals surface area contributed by atoms with Crippen molar-refractivity contribution in [2.24, 2.45) is 0 Å². The van der Waals surface area contributed by atoms with Crippen molar-refractivity contribution in [3.63, 3.8) is 0 Å². The van der Waals surface area contributed by atoms with Gasteiger partial charge < -0.3 is 23.0 Å². The Bertz CT molecular complexity index is 451. The van der Waals surface area contributed by atoms with Crippen LogP contribution in [0, 0.1) is 6.92 Å². The first-order chi connectivity index (χ1) is 7.81.